The van der Waals surface area contributed by atoms with Crippen molar-refractivity contribution >= 4 is 33.2 Å². The van der Waals surface area contributed by atoms with Crippen molar-refractivity contribution in [2.75, 3.05) is 24.2 Å². The first-order valence-electron chi connectivity index (χ1n) is 12.2. The molecule has 206 valence electrons. The number of nitro benzene ring substituents is 1. The Morgan fingerprint density at radius 2 is 1.64 bits per heavy atom. The van der Waals surface area contributed by atoms with Crippen LogP contribution >= 0.6 is 0 Å². The molecule has 1 atom stereocenters. The van der Waals surface area contributed by atoms with E-state index in [-0.39, 0.29) is 24.3 Å². The van der Waals surface area contributed by atoms with Gasteiger partial charge in [-0.05, 0) is 30.5 Å². The molecule has 0 fully saturated rings. The Balaban J connectivity index is 2.08. The number of non-ortho nitro benzene ring substituents is 1. The average molecular weight is 553 g/mol. The molecule has 39 heavy (non-hydrogen) atoms. The van der Waals surface area contributed by atoms with Crippen molar-refractivity contribution < 1.29 is 22.9 Å². The third kappa shape index (κ3) is 7.64. The van der Waals surface area contributed by atoms with E-state index in [1.54, 1.807) is 6.92 Å². The van der Waals surface area contributed by atoms with E-state index in [0.29, 0.717) is 5.56 Å². The molecule has 0 aliphatic carbocycles. The predicted molar refractivity (Wildman–Crippen MR) is 150 cm³/mol. The lowest BCUT2D eigenvalue weighted by Crippen LogP contribution is -2.53. The fraction of sp³-hybridized carbons (Fsp3) is 0.286. The molecule has 0 heterocycles. The second-order valence-corrected chi connectivity index (χ2v) is 11.2. The predicted octanol–water partition coefficient (Wildman–Crippen LogP) is 3.36. The van der Waals surface area contributed by atoms with Gasteiger partial charge in [-0.1, -0.05) is 66.2 Å². The Labute approximate surface area is 228 Å². The van der Waals surface area contributed by atoms with Gasteiger partial charge in [-0.3, -0.25) is 24.0 Å². The van der Waals surface area contributed by atoms with Gasteiger partial charge in [-0.15, -0.1) is 0 Å². The van der Waals surface area contributed by atoms with Crippen molar-refractivity contribution in [2.45, 2.75) is 32.9 Å². The Bertz CT molecular complexity index is 1460. The number of nitrogens with zero attached hydrogens (tertiary/aromatic N) is 3. The van der Waals surface area contributed by atoms with Crippen molar-refractivity contribution in [3.8, 4) is 0 Å². The number of carbonyl (C=O) groups excluding carboxylic acids is 2. The summed E-state index contributed by atoms with van der Waals surface area (Å²) in [5, 5.41) is 14.0. The number of nitrogens with one attached hydrogen (secondary N) is 1. The lowest BCUT2D eigenvalue weighted by molar-refractivity contribution is -0.384. The molecule has 10 nitrogen and oxygen atoms in total. The molecule has 3 aromatic carbocycles. The summed E-state index contributed by atoms with van der Waals surface area (Å²) in [6.45, 7) is 2.92. The molecule has 3 rings (SSSR count). The summed E-state index contributed by atoms with van der Waals surface area (Å²) in [6, 6.07) is 19.6. The number of likely N-dealkylation sites (N-methyl/N-ethyl adjacent to an activating group) is 1. The zero-order valence-corrected chi connectivity index (χ0v) is 23.1. The highest BCUT2D eigenvalue weighted by molar-refractivity contribution is 7.92. The van der Waals surface area contributed by atoms with Crippen molar-refractivity contribution in [1.82, 2.24) is 10.2 Å². The van der Waals surface area contributed by atoms with Crippen LogP contribution in [0.4, 0.5) is 11.4 Å². The van der Waals surface area contributed by atoms with Crippen molar-refractivity contribution in [1.29, 1.82) is 0 Å². The minimum absolute atomic E-state index is 0.0232. The van der Waals surface area contributed by atoms with Crippen LogP contribution in [0, 0.1) is 24.0 Å². The normalized spacial score (nSPS) is 11.9. The topological polar surface area (TPSA) is 130 Å². The fourth-order valence-electron chi connectivity index (χ4n) is 4.30. The molecule has 0 spiro atoms. The van der Waals surface area contributed by atoms with Gasteiger partial charge in [0.2, 0.25) is 21.8 Å². The highest BCUT2D eigenvalue weighted by atomic mass is 32.2. The first-order valence-corrected chi connectivity index (χ1v) is 14.1. The molecule has 1 unspecified atom stereocenters. The largest absolute Gasteiger partial charge is 0.357 e. The highest BCUT2D eigenvalue weighted by Crippen LogP contribution is 2.28. The average Bonchev–Trinajstić information content (AvgIpc) is 2.89. The summed E-state index contributed by atoms with van der Waals surface area (Å²) in [6.07, 6.45) is 1.14. The summed E-state index contributed by atoms with van der Waals surface area (Å²) in [4.78, 5) is 39.2. The van der Waals surface area contributed by atoms with Crippen LogP contribution in [-0.4, -0.2) is 55.9 Å². The number of anilines is 1. The lowest BCUT2D eigenvalue weighted by atomic mass is 10.0. The summed E-state index contributed by atoms with van der Waals surface area (Å²) < 4.78 is 26.6. The quantitative estimate of drug-likeness (QED) is 0.287. The van der Waals surface area contributed by atoms with E-state index in [9.17, 15) is 28.1 Å². The van der Waals surface area contributed by atoms with Crippen molar-refractivity contribution in [3.05, 3.63) is 105 Å². The van der Waals surface area contributed by atoms with E-state index in [4.69, 9.17) is 0 Å². The Morgan fingerprint density at radius 3 is 2.23 bits per heavy atom. The first-order chi connectivity index (χ1) is 18.4. The van der Waals surface area contributed by atoms with Crippen LogP contribution in [0.15, 0.2) is 72.8 Å². The van der Waals surface area contributed by atoms with Gasteiger partial charge in [-0.25, -0.2) is 8.42 Å². The Morgan fingerprint density at radius 1 is 0.974 bits per heavy atom. The molecule has 0 saturated carbocycles. The number of aryl methyl sites for hydroxylation is 2. The van der Waals surface area contributed by atoms with Gasteiger partial charge >= 0.3 is 0 Å². The van der Waals surface area contributed by atoms with Crippen LogP contribution in [0.3, 0.4) is 0 Å². The van der Waals surface area contributed by atoms with E-state index in [2.05, 4.69) is 5.32 Å². The monoisotopic (exact) mass is 552 g/mol. The van der Waals surface area contributed by atoms with E-state index in [1.807, 2.05) is 61.5 Å². The molecule has 0 bridgehead atoms. The number of amides is 2. The van der Waals surface area contributed by atoms with Crippen molar-refractivity contribution in [2.24, 2.45) is 0 Å². The Hall–Kier alpha value is -4.25. The SMILES string of the molecule is CNC(=O)C(Cc1ccccc1)N(Cc1cccc(C)c1)C(=O)CN(c1cc([N+](=O)[O-])ccc1C)S(C)(=O)=O. The number of nitro groups is 1. The molecule has 0 radical (unpaired) electrons. The molecular weight excluding hydrogens is 520 g/mol. The molecule has 3 aromatic rings. The third-order valence-electron chi connectivity index (χ3n) is 6.30. The van der Waals surface area contributed by atoms with Gasteiger partial charge in [0.05, 0.1) is 16.9 Å². The van der Waals surface area contributed by atoms with Crippen LogP contribution in [-0.2, 0) is 32.6 Å². The highest BCUT2D eigenvalue weighted by Gasteiger charge is 2.33. The van der Waals surface area contributed by atoms with Gasteiger partial charge in [0, 0.05) is 32.1 Å². The number of hydrogen-bond acceptors (Lipinski definition) is 6. The minimum Gasteiger partial charge on any atom is -0.357 e. The fourth-order valence-corrected chi connectivity index (χ4v) is 5.20. The number of benzene rings is 3. The molecular formula is C28H32N4O6S. The van der Waals surface area contributed by atoms with Gasteiger partial charge in [-0.2, -0.15) is 0 Å². The standard InChI is InChI=1S/C28H32N4O6S/c1-20-9-8-12-23(15-20)18-30(26(28(34)29-3)16-22-10-6-5-7-11-22)27(33)19-31(39(4,37)38)25-17-24(32(35)36)14-13-21(25)2/h5-15,17,26H,16,18-19H2,1-4H3,(H,29,34). The van der Waals surface area contributed by atoms with E-state index < -0.39 is 39.3 Å². The van der Waals surface area contributed by atoms with Gasteiger partial charge in [0.1, 0.15) is 12.6 Å². The maximum absolute atomic E-state index is 14.0. The maximum atomic E-state index is 14.0. The molecule has 0 aliphatic rings. The van der Waals surface area contributed by atoms with E-state index in [1.165, 1.54) is 24.1 Å². The number of carbonyl (C=O) groups is 2. The molecule has 2 amide bonds. The molecule has 0 saturated heterocycles. The second kappa shape index (κ2) is 12.5. The number of hydrogen-bond donors (Lipinski definition) is 1. The van der Waals surface area contributed by atoms with Gasteiger partial charge < -0.3 is 10.2 Å². The molecule has 0 aliphatic heterocycles. The van der Waals surface area contributed by atoms with Crippen LogP contribution in [0.1, 0.15) is 22.3 Å². The van der Waals surface area contributed by atoms with Crippen LogP contribution < -0.4 is 9.62 Å². The Kier molecular flexibility index (Phi) is 9.42. The number of sulfonamides is 1. The van der Waals surface area contributed by atoms with Gasteiger partial charge in [0.25, 0.3) is 5.69 Å². The minimum atomic E-state index is -4.04. The smallest absolute Gasteiger partial charge is 0.271 e. The second-order valence-electron chi connectivity index (χ2n) is 9.33. The summed E-state index contributed by atoms with van der Waals surface area (Å²) in [5.74, 6) is -1.03. The zero-order chi connectivity index (χ0) is 28.7. The molecule has 0 aromatic heterocycles. The van der Waals surface area contributed by atoms with Crippen LogP contribution in [0.2, 0.25) is 0 Å². The number of rotatable bonds is 11. The molecule has 1 N–H and O–H groups in total. The van der Waals surface area contributed by atoms with Crippen LogP contribution in [0.25, 0.3) is 0 Å². The van der Waals surface area contributed by atoms with E-state index >= 15 is 0 Å². The summed E-state index contributed by atoms with van der Waals surface area (Å²) >= 11 is 0. The molecule has 11 heteroatoms. The van der Waals surface area contributed by atoms with Crippen molar-refractivity contribution in [3.63, 3.8) is 0 Å². The van der Waals surface area contributed by atoms with Crippen LogP contribution in [0.5, 0.6) is 0 Å². The maximum Gasteiger partial charge on any atom is 0.271 e. The summed E-state index contributed by atoms with van der Waals surface area (Å²) in [7, 11) is -2.56. The van der Waals surface area contributed by atoms with E-state index in [0.717, 1.165) is 33.3 Å². The lowest BCUT2D eigenvalue weighted by Gasteiger charge is -2.33. The van der Waals surface area contributed by atoms with Gasteiger partial charge in [0.15, 0.2) is 0 Å². The zero-order valence-electron chi connectivity index (χ0n) is 22.3. The summed E-state index contributed by atoms with van der Waals surface area (Å²) in [5.41, 5.74) is 2.71. The first kappa shape index (κ1) is 29.3. The third-order valence-corrected chi connectivity index (χ3v) is 7.43.